The predicted molar refractivity (Wildman–Crippen MR) is 124 cm³/mol. The Morgan fingerprint density at radius 3 is 2.63 bits per heavy atom. The van der Waals surface area contributed by atoms with E-state index >= 15 is 0 Å². The number of halogens is 3. The number of hydrogen-bond acceptors (Lipinski definition) is 10. The first kappa shape index (κ1) is 23.4. The molecule has 0 spiro atoms. The van der Waals surface area contributed by atoms with Gasteiger partial charge in [-0.3, -0.25) is 14.9 Å². The molecule has 0 N–H and O–H groups in total. The number of hydrogen-bond donors (Lipinski definition) is 0. The zero-order valence-electron chi connectivity index (χ0n) is 18.0. The summed E-state index contributed by atoms with van der Waals surface area (Å²) in [6, 6.07) is 4.28. The lowest BCUT2D eigenvalue weighted by molar-refractivity contribution is -0.383. The summed E-state index contributed by atoms with van der Waals surface area (Å²) in [5.41, 5.74) is -3.25. The second-order valence-electron chi connectivity index (χ2n) is 8.02. The van der Waals surface area contributed by atoms with E-state index in [1.54, 1.807) is 4.90 Å². The summed E-state index contributed by atoms with van der Waals surface area (Å²) in [4.78, 5) is 34.6. The van der Waals surface area contributed by atoms with E-state index < -0.39 is 27.9 Å². The van der Waals surface area contributed by atoms with Crippen LogP contribution in [0.2, 0.25) is 0 Å². The fourth-order valence-electron chi connectivity index (χ4n) is 4.15. The van der Waals surface area contributed by atoms with Crippen molar-refractivity contribution in [2.75, 3.05) is 18.0 Å². The number of nitro groups is 1. The predicted octanol–water partition coefficient (Wildman–Crippen LogP) is 5.39. The standard InChI is InChI=1S/C21H16F3N5O4S2/c1-10-12(21(22,23)24)9-13(29(31)32)16-15(10)18(30)26-20(35-16)28-6-4-11(5-7-28)19-25-17(27-33-19)14-3-2-8-34-14/h2-3,8-9,11H,4-7H2,1H3. The van der Waals surface area contributed by atoms with Crippen LogP contribution in [0.4, 0.5) is 24.0 Å². The number of nitrogens with zero attached hydrogens (tertiary/aromatic N) is 5. The molecule has 0 atom stereocenters. The summed E-state index contributed by atoms with van der Waals surface area (Å²) >= 11 is 2.35. The molecule has 1 fully saturated rings. The second kappa shape index (κ2) is 8.68. The highest BCUT2D eigenvalue weighted by Crippen LogP contribution is 2.41. The molecule has 4 aromatic rings. The Labute approximate surface area is 203 Å². The molecule has 1 aliphatic heterocycles. The SMILES string of the molecule is Cc1c(C(F)(F)F)cc([N+](=O)[O-])c2sc(N3CCC(c4nc(-c5cccs5)no4)CC3)nc(=O)c12. The number of alkyl halides is 3. The van der Waals surface area contributed by atoms with Crippen LogP contribution in [0.5, 0.6) is 0 Å². The van der Waals surface area contributed by atoms with E-state index in [1.807, 2.05) is 17.5 Å². The maximum absolute atomic E-state index is 13.4. The van der Waals surface area contributed by atoms with E-state index in [0.29, 0.717) is 43.7 Å². The van der Waals surface area contributed by atoms with Gasteiger partial charge < -0.3 is 9.42 Å². The molecule has 0 unspecified atom stereocenters. The number of benzene rings is 1. The zero-order valence-corrected chi connectivity index (χ0v) is 19.7. The highest BCUT2D eigenvalue weighted by Gasteiger charge is 2.37. The van der Waals surface area contributed by atoms with Gasteiger partial charge in [0, 0.05) is 25.1 Å². The van der Waals surface area contributed by atoms with Gasteiger partial charge in [-0.25, -0.2) is 0 Å². The van der Waals surface area contributed by atoms with Gasteiger partial charge in [0.2, 0.25) is 11.7 Å². The van der Waals surface area contributed by atoms with Crippen LogP contribution in [0, 0.1) is 17.0 Å². The number of aryl methyl sites for hydroxylation is 1. The number of nitro benzene ring substituents is 1. The second-order valence-corrected chi connectivity index (χ2v) is 9.95. The van der Waals surface area contributed by atoms with E-state index in [2.05, 4.69) is 15.1 Å². The lowest BCUT2D eigenvalue weighted by Gasteiger charge is -2.30. The van der Waals surface area contributed by atoms with Gasteiger partial charge in [0.15, 0.2) is 5.13 Å². The minimum absolute atomic E-state index is 0.00411. The molecule has 182 valence electrons. The van der Waals surface area contributed by atoms with Crippen molar-refractivity contribution in [2.24, 2.45) is 0 Å². The molecular formula is C21H16F3N5O4S2. The third-order valence-corrected chi connectivity index (χ3v) is 7.94. The summed E-state index contributed by atoms with van der Waals surface area (Å²) in [5.74, 6) is 1.03. The van der Waals surface area contributed by atoms with Crippen LogP contribution in [0.3, 0.4) is 0 Å². The van der Waals surface area contributed by atoms with E-state index in [4.69, 9.17) is 4.52 Å². The maximum Gasteiger partial charge on any atom is 0.416 e. The monoisotopic (exact) mass is 523 g/mol. The van der Waals surface area contributed by atoms with Gasteiger partial charge in [-0.05, 0) is 36.8 Å². The van der Waals surface area contributed by atoms with Gasteiger partial charge in [0.1, 0.15) is 4.70 Å². The third kappa shape index (κ3) is 4.27. The highest BCUT2D eigenvalue weighted by atomic mass is 32.1. The van der Waals surface area contributed by atoms with Crippen molar-refractivity contribution in [1.82, 2.24) is 15.1 Å². The topological polar surface area (TPSA) is 115 Å². The average Bonchev–Trinajstić information content (AvgIpc) is 3.50. The van der Waals surface area contributed by atoms with Crippen molar-refractivity contribution >= 4 is 43.6 Å². The Morgan fingerprint density at radius 2 is 2.00 bits per heavy atom. The Kier molecular flexibility index (Phi) is 5.79. The van der Waals surface area contributed by atoms with Crippen molar-refractivity contribution in [2.45, 2.75) is 31.9 Å². The summed E-state index contributed by atoms with van der Waals surface area (Å²) in [6.45, 7) is 2.05. The number of piperidine rings is 1. The van der Waals surface area contributed by atoms with E-state index in [-0.39, 0.29) is 26.7 Å². The van der Waals surface area contributed by atoms with Crippen LogP contribution in [0.15, 0.2) is 32.9 Å². The fourth-order valence-corrected chi connectivity index (χ4v) is 6.00. The summed E-state index contributed by atoms with van der Waals surface area (Å²) in [6.07, 6.45) is -3.61. The molecule has 1 saturated heterocycles. The summed E-state index contributed by atoms with van der Waals surface area (Å²) < 4.78 is 45.6. The molecule has 35 heavy (non-hydrogen) atoms. The molecule has 0 bridgehead atoms. The van der Waals surface area contributed by atoms with E-state index in [1.165, 1.54) is 11.3 Å². The van der Waals surface area contributed by atoms with Crippen molar-refractivity contribution in [3.8, 4) is 10.7 Å². The first-order valence-corrected chi connectivity index (χ1v) is 12.2. The number of fused-ring (bicyclic) bond motifs is 1. The number of non-ortho nitro benzene ring substituents is 1. The van der Waals surface area contributed by atoms with Crippen LogP contribution in [-0.2, 0) is 6.18 Å². The van der Waals surface area contributed by atoms with Gasteiger partial charge in [0.05, 0.1) is 20.8 Å². The van der Waals surface area contributed by atoms with Crippen molar-refractivity contribution < 1.29 is 22.6 Å². The van der Waals surface area contributed by atoms with Gasteiger partial charge in [-0.2, -0.15) is 23.1 Å². The molecule has 0 aliphatic carbocycles. The normalized spacial score (nSPS) is 15.1. The van der Waals surface area contributed by atoms with Gasteiger partial charge in [-0.15, -0.1) is 11.3 Å². The molecule has 9 nitrogen and oxygen atoms in total. The Hall–Kier alpha value is -3.39. The number of anilines is 1. The average molecular weight is 524 g/mol. The smallest absolute Gasteiger partial charge is 0.348 e. The lowest BCUT2D eigenvalue weighted by Crippen LogP contribution is -2.34. The number of thiophene rings is 1. The minimum Gasteiger partial charge on any atom is -0.348 e. The molecule has 0 saturated carbocycles. The molecule has 0 amide bonds. The third-order valence-electron chi connectivity index (χ3n) is 5.92. The van der Waals surface area contributed by atoms with Crippen LogP contribution in [0.25, 0.3) is 20.8 Å². The first-order valence-electron chi connectivity index (χ1n) is 10.5. The van der Waals surface area contributed by atoms with Crippen LogP contribution >= 0.6 is 22.7 Å². The van der Waals surface area contributed by atoms with E-state index in [9.17, 15) is 28.1 Å². The largest absolute Gasteiger partial charge is 0.416 e. The van der Waals surface area contributed by atoms with Crippen molar-refractivity contribution in [1.29, 1.82) is 0 Å². The van der Waals surface area contributed by atoms with Gasteiger partial charge >= 0.3 is 6.18 Å². The highest BCUT2D eigenvalue weighted by molar-refractivity contribution is 7.22. The lowest BCUT2D eigenvalue weighted by atomic mass is 9.97. The first-order chi connectivity index (χ1) is 16.6. The summed E-state index contributed by atoms with van der Waals surface area (Å²) in [5, 5.41) is 17.4. The maximum atomic E-state index is 13.4. The fraction of sp³-hybridized carbons (Fsp3) is 0.333. The van der Waals surface area contributed by atoms with Crippen LogP contribution in [-0.4, -0.2) is 33.1 Å². The Morgan fingerprint density at radius 1 is 1.26 bits per heavy atom. The Bertz CT molecular complexity index is 1470. The molecule has 5 rings (SSSR count). The minimum atomic E-state index is -4.83. The molecule has 1 aromatic carbocycles. The van der Waals surface area contributed by atoms with Gasteiger partial charge in [0.25, 0.3) is 11.2 Å². The quantitative estimate of drug-likeness (QED) is 0.258. The Balaban J connectivity index is 1.44. The number of rotatable bonds is 4. The van der Waals surface area contributed by atoms with E-state index in [0.717, 1.165) is 23.1 Å². The molecule has 0 radical (unpaired) electrons. The van der Waals surface area contributed by atoms with Crippen LogP contribution in [0.1, 0.15) is 35.8 Å². The zero-order chi connectivity index (χ0) is 24.9. The molecule has 1 aliphatic rings. The molecular weight excluding hydrogens is 507 g/mol. The molecule has 4 heterocycles. The number of aromatic nitrogens is 3. The molecule has 14 heteroatoms. The van der Waals surface area contributed by atoms with Crippen molar-refractivity contribution in [3.05, 3.63) is 61.1 Å². The van der Waals surface area contributed by atoms with Gasteiger partial charge in [-0.1, -0.05) is 22.6 Å². The van der Waals surface area contributed by atoms with Crippen molar-refractivity contribution in [3.63, 3.8) is 0 Å². The van der Waals surface area contributed by atoms with Crippen LogP contribution < -0.4 is 10.5 Å². The molecule has 3 aromatic heterocycles. The summed E-state index contributed by atoms with van der Waals surface area (Å²) in [7, 11) is 0.